The Balaban J connectivity index is 2.33. The van der Waals surface area contributed by atoms with Crippen molar-refractivity contribution in [2.75, 3.05) is 0 Å². The first-order valence-electron chi connectivity index (χ1n) is 5.29. The van der Waals surface area contributed by atoms with Gasteiger partial charge in [-0.25, -0.2) is 5.43 Å². The summed E-state index contributed by atoms with van der Waals surface area (Å²) in [6.45, 7) is 0. The third kappa shape index (κ3) is 3.17. The molecule has 19 heavy (non-hydrogen) atoms. The molecule has 0 saturated heterocycles. The minimum atomic E-state index is -4.33. The predicted octanol–water partition coefficient (Wildman–Crippen LogP) is 4.08. The number of benzene rings is 1. The molecule has 2 rings (SSSR count). The predicted molar refractivity (Wildman–Crippen MR) is 72.6 cm³/mol. The maximum Gasteiger partial charge on any atom is 0.416 e. The Bertz CT molecular complexity index is 551. The van der Waals surface area contributed by atoms with Crippen LogP contribution in [0.1, 0.15) is 22.0 Å². The van der Waals surface area contributed by atoms with Gasteiger partial charge in [0.15, 0.2) is 0 Å². The number of alkyl halides is 3. The Kier molecular flexibility index (Phi) is 4.29. The second-order valence-electron chi connectivity index (χ2n) is 3.85. The van der Waals surface area contributed by atoms with E-state index in [0.29, 0.717) is 5.56 Å². The van der Waals surface area contributed by atoms with Crippen LogP contribution < -0.4 is 11.3 Å². The number of hydrazine groups is 1. The van der Waals surface area contributed by atoms with Gasteiger partial charge >= 0.3 is 6.18 Å². The molecular weight excluding hydrogens is 341 g/mol. The SMILES string of the molecule is NNC(c1ccc(C(F)(F)F)cc1)c1sccc1Br. The van der Waals surface area contributed by atoms with Crippen LogP contribution in [0.4, 0.5) is 13.2 Å². The largest absolute Gasteiger partial charge is 0.416 e. The van der Waals surface area contributed by atoms with Gasteiger partial charge in [0, 0.05) is 9.35 Å². The van der Waals surface area contributed by atoms with Crippen LogP contribution in [0.5, 0.6) is 0 Å². The van der Waals surface area contributed by atoms with Crippen molar-refractivity contribution in [1.82, 2.24) is 5.43 Å². The minimum Gasteiger partial charge on any atom is -0.271 e. The van der Waals surface area contributed by atoms with E-state index in [4.69, 9.17) is 5.84 Å². The highest BCUT2D eigenvalue weighted by atomic mass is 79.9. The third-order valence-corrected chi connectivity index (χ3v) is 4.58. The quantitative estimate of drug-likeness (QED) is 0.646. The molecule has 0 aliphatic carbocycles. The highest BCUT2D eigenvalue weighted by Gasteiger charge is 2.30. The summed E-state index contributed by atoms with van der Waals surface area (Å²) in [5.74, 6) is 5.50. The van der Waals surface area contributed by atoms with E-state index in [1.165, 1.54) is 23.5 Å². The number of rotatable bonds is 3. The van der Waals surface area contributed by atoms with Crippen LogP contribution in [0.2, 0.25) is 0 Å². The van der Waals surface area contributed by atoms with Crippen molar-refractivity contribution in [1.29, 1.82) is 0 Å². The topological polar surface area (TPSA) is 38.0 Å². The maximum absolute atomic E-state index is 12.5. The molecule has 0 aliphatic rings. The minimum absolute atomic E-state index is 0.336. The van der Waals surface area contributed by atoms with E-state index < -0.39 is 11.7 Å². The Morgan fingerprint density at radius 1 is 1.16 bits per heavy atom. The molecule has 1 unspecified atom stereocenters. The molecular formula is C12H10BrF3N2S. The lowest BCUT2D eigenvalue weighted by Crippen LogP contribution is -2.28. The molecule has 0 bridgehead atoms. The fraction of sp³-hybridized carbons (Fsp3) is 0.167. The normalized spacial score (nSPS) is 13.5. The molecule has 0 aliphatic heterocycles. The van der Waals surface area contributed by atoms with Gasteiger partial charge < -0.3 is 0 Å². The van der Waals surface area contributed by atoms with Crippen LogP contribution in [0.15, 0.2) is 40.2 Å². The summed E-state index contributed by atoms with van der Waals surface area (Å²) in [6, 6.07) is 6.51. The van der Waals surface area contributed by atoms with E-state index in [0.717, 1.165) is 21.5 Å². The van der Waals surface area contributed by atoms with Crippen LogP contribution in [-0.2, 0) is 6.18 Å². The molecule has 3 N–H and O–H groups in total. The molecule has 1 heterocycles. The summed E-state index contributed by atoms with van der Waals surface area (Å²) in [5, 5.41) is 1.88. The Hall–Kier alpha value is -0.890. The average Bonchev–Trinajstić information content (AvgIpc) is 2.76. The van der Waals surface area contributed by atoms with Crippen LogP contribution in [0, 0.1) is 0 Å². The van der Waals surface area contributed by atoms with Crippen molar-refractivity contribution >= 4 is 27.3 Å². The Morgan fingerprint density at radius 2 is 1.79 bits per heavy atom. The monoisotopic (exact) mass is 350 g/mol. The number of halogens is 4. The van der Waals surface area contributed by atoms with Crippen molar-refractivity contribution < 1.29 is 13.2 Å². The van der Waals surface area contributed by atoms with Crippen molar-refractivity contribution in [2.45, 2.75) is 12.2 Å². The summed E-state index contributed by atoms with van der Waals surface area (Å²) < 4.78 is 38.4. The van der Waals surface area contributed by atoms with E-state index >= 15 is 0 Å². The van der Waals surface area contributed by atoms with Gasteiger partial charge in [0.2, 0.25) is 0 Å². The third-order valence-electron chi connectivity index (χ3n) is 2.64. The van der Waals surface area contributed by atoms with Crippen LogP contribution in [0.3, 0.4) is 0 Å². The summed E-state index contributed by atoms with van der Waals surface area (Å²) in [6.07, 6.45) is -4.33. The number of nitrogens with two attached hydrogens (primary N) is 1. The van der Waals surface area contributed by atoms with E-state index in [-0.39, 0.29) is 6.04 Å². The number of thiophene rings is 1. The van der Waals surface area contributed by atoms with Crippen molar-refractivity contribution in [3.05, 3.63) is 56.2 Å². The van der Waals surface area contributed by atoms with Gasteiger partial charge in [-0.15, -0.1) is 11.3 Å². The molecule has 2 nitrogen and oxygen atoms in total. The Morgan fingerprint density at radius 3 is 2.21 bits per heavy atom. The van der Waals surface area contributed by atoms with Gasteiger partial charge in [0.1, 0.15) is 0 Å². The molecule has 0 radical (unpaired) electrons. The van der Waals surface area contributed by atoms with E-state index in [2.05, 4.69) is 21.4 Å². The van der Waals surface area contributed by atoms with E-state index in [1.807, 2.05) is 11.4 Å². The number of hydrogen-bond acceptors (Lipinski definition) is 3. The molecule has 7 heteroatoms. The standard InChI is InChI=1S/C12H10BrF3N2S/c13-9-5-6-19-11(9)10(18-17)7-1-3-8(4-2-7)12(14,15)16/h1-6,10,18H,17H2. The summed E-state index contributed by atoms with van der Waals surface area (Å²) in [5.41, 5.74) is 2.63. The van der Waals surface area contributed by atoms with Crippen molar-refractivity contribution in [3.8, 4) is 0 Å². The molecule has 0 saturated carbocycles. The zero-order valence-electron chi connectivity index (χ0n) is 9.54. The summed E-state index contributed by atoms with van der Waals surface area (Å²) in [4.78, 5) is 0.919. The van der Waals surface area contributed by atoms with Gasteiger partial charge in [0.25, 0.3) is 0 Å². The van der Waals surface area contributed by atoms with Crippen LogP contribution in [0.25, 0.3) is 0 Å². The summed E-state index contributed by atoms with van der Waals surface area (Å²) in [7, 11) is 0. The van der Waals surface area contributed by atoms with Gasteiger partial charge in [-0.05, 0) is 45.1 Å². The van der Waals surface area contributed by atoms with Gasteiger partial charge in [-0.2, -0.15) is 13.2 Å². The molecule has 0 spiro atoms. The second kappa shape index (κ2) is 5.62. The molecule has 1 atom stereocenters. The Labute approximate surface area is 120 Å². The number of hydrogen-bond donors (Lipinski definition) is 2. The number of nitrogens with one attached hydrogen (secondary N) is 1. The van der Waals surface area contributed by atoms with Gasteiger partial charge in [0.05, 0.1) is 11.6 Å². The second-order valence-corrected chi connectivity index (χ2v) is 5.65. The molecule has 1 aromatic heterocycles. The highest BCUT2D eigenvalue weighted by molar-refractivity contribution is 9.10. The van der Waals surface area contributed by atoms with Gasteiger partial charge in [-0.1, -0.05) is 12.1 Å². The van der Waals surface area contributed by atoms with Crippen LogP contribution in [-0.4, -0.2) is 0 Å². The zero-order chi connectivity index (χ0) is 14.0. The highest BCUT2D eigenvalue weighted by Crippen LogP contribution is 2.34. The smallest absolute Gasteiger partial charge is 0.271 e. The van der Waals surface area contributed by atoms with E-state index in [9.17, 15) is 13.2 Å². The lowest BCUT2D eigenvalue weighted by atomic mass is 10.0. The van der Waals surface area contributed by atoms with Crippen molar-refractivity contribution in [3.63, 3.8) is 0 Å². The molecule has 2 aromatic rings. The van der Waals surface area contributed by atoms with Crippen molar-refractivity contribution in [2.24, 2.45) is 5.84 Å². The molecule has 102 valence electrons. The first-order chi connectivity index (χ1) is 8.93. The zero-order valence-corrected chi connectivity index (χ0v) is 11.9. The molecule has 1 aromatic carbocycles. The van der Waals surface area contributed by atoms with Crippen LogP contribution >= 0.6 is 27.3 Å². The first-order valence-corrected chi connectivity index (χ1v) is 6.97. The molecule has 0 amide bonds. The lowest BCUT2D eigenvalue weighted by Gasteiger charge is -2.16. The summed E-state index contributed by atoms with van der Waals surface area (Å²) >= 11 is 4.86. The fourth-order valence-corrected chi connectivity index (χ4v) is 3.39. The first kappa shape index (κ1) is 14.5. The lowest BCUT2D eigenvalue weighted by molar-refractivity contribution is -0.137. The van der Waals surface area contributed by atoms with Gasteiger partial charge in [-0.3, -0.25) is 5.84 Å². The maximum atomic E-state index is 12.5. The van der Waals surface area contributed by atoms with E-state index in [1.54, 1.807) is 0 Å². The molecule has 0 fully saturated rings. The fourth-order valence-electron chi connectivity index (χ4n) is 1.70. The average molecular weight is 351 g/mol.